The van der Waals surface area contributed by atoms with E-state index in [9.17, 15) is 13.2 Å². The third kappa shape index (κ3) is 3.17. The highest BCUT2D eigenvalue weighted by atomic mass is 32.1. The fraction of sp³-hybridized carbons (Fsp3) is 0.625. The summed E-state index contributed by atoms with van der Waals surface area (Å²) in [5.41, 5.74) is 0.858. The summed E-state index contributed by atoms with van der Waals surface area (Å²) < 4.78 is 37.7. The van der Waals surface area contributed by atoms with E-state index in [1.807, 2.05) is 0 Å². The van der Waals surface area contributed by atoms with Gasteiger partial charge in [0.15, 0.2) is 4.77 Å². The molecule has 1 aromatic rings. The molecule has 0 fully saturated rings. The van der Waals surface area contributed by atoms with Crippen LogP contribution in [0.15, 0.2) is 6.20 Å². The van der Waals surface area contributed by atoms with Crippen LogP contribution in [0.4, 0.5) is 13.2 Å². The Balaban J connectivity index is 2.51. The lowest BCUT2D eigenvalue weighted by atomic mass is 10.3. The van der Waals surface area contributed by atoms with Gasteiger partial charge in [0, 0.05) is 24.9 Å². The first-order chi connectivity index (χ1) is 6.40. The van der Waals surface area contributed by atoms with Gasteiger partial charge in [-0.05, 0) is 25.6 Å². The van der Waals surface area contributed by atoms with Crippen molar-refractivity contribution in [3.63, 3.8) is 0 Å². The average Bonchev–Trinajstić information content (AvgIpc) is 2.33. The standard InChI is InChI=1S/C8H11F3N2S/c1-6-5-12-7(14)13(6)4-2-3-8(9,10)11/h5H,2-4H2,1H3,(H,12,14). The summed E-state index contributed by atoms with van der Waals surface area (Å²) in [6.07, 6.45) is -3.09. The van der Waals surface area contributed by atoms with Crippen LogP contribution in [-0.4, -0.2) is 15.7 Å². The van der Waals surface area contributed by atoms with Crippen molar-refractivity contribution in [1.29, 1.82) is 0 Å². The van der Waals surface area contributed by atoms with Gasteiger partial charge in [-0.15, -0.1) is 0 Å². The van der Waals surface area contributed by atoms with Crippen LogP contribution in [0.5, 0.6) is 0 Å². The Morgan fingerprint density at radius 2 is 2.14 bits per heavy atom. The van der Waals surface area contributed by atoms with E-state index in [0.29, 0.717) is 11.3 Å². The summed E-state index contributed by atoms with van der Waals surface area (Å²) in [4.78, 5) is 2.78. The molecular formula is C8H11F3N2S. The van der Waals surface area contributed by atoms with Gasteiger partial charge in [0.25, 0.3) is 0 Å². The molecule has 0 bridgehead atoms. The van der Waals surface area contributed by atoms with Crippen LogP contribution in [0, 0.1) is 11.7 Å². The van der Waals surface area contributed by atoms with Crippen molar-refractivity contribution >= 4 is 12.2 Å². The Morgan fingerprint density at radius 3 is 2.57 bits per heavy atom. The van der Waals surface area contributed by atoms with Crippen molar-refractivity contribution in [1.82, 2.24) is 9.55 Å². The molecule has 1 heterocycles. The molecule has 0 saturated carbocycles. The first kappa shape index (κ1) is 11.3. The zero-order valence-electron chi connectivity index (χ0n) is 7.69. The Morgan fingerprint density at radius 1 is 1.50 bits per heavy atom. The SMILES string of the molecule is Cc1c[nH]c(=S)n1CCCC(F)(F)F. The highest BCUT2D eigenvalue weighted by molar-refractivity contribution is 7.71. The lowest BCUT2D eigenvalue weighted by Crippen LogP contribution is -2.09. The Hall–Kier alpha value is -0.780. The fourth-order valence-electron chi connectivity index (χ4n) is 1.20. The van der Waals surface area contributed by atoms with E-state index >= 15 is 0 Å². The minimum atomic E-state index is -4.08. The fourth-order valence-corrected chi connectivity index (χ4v) is 1.49. The maximum atomic E-state index is 11.8. The maximum absolute atomic E-state index is 11.8. The number of aromatic amines is 1. The molecule has 0 radical (unpaired) electrons. The molecule has 0 aromatic carbocycles. The first-order valence-electron chi connectivity index (χ1n) is 4.22. The minimum Gasteiger partial charge on any atom is -0.337 e. The molecule has 0 unspecified atom stereocenters. The number of halogens is 3. The second-order valence-corrected chi connectivity index (χ2v) is 3.49. The molecule has 1 N–H and O–H groups in total. The Kier molecular flexibility index (Phi) is 3.36. The molecule has 0 aliphatic heterocycles. The predicted molar refractivity (Wildman–Crippen MR) is 49.6 cm³/mol. The van der Waals surface area contributed by atoms with Crippen molar-refractivity contribution < 1.29 is 13.2 Å². The molecule has 80 valence electrons. The summed E-state index contributed by atoms with van der Waals surface area (Å²) in [5.74, 6) is 0. The van der Waals surface area contributed by atoms with Crippen molar-refractivity contribution in [2.45, 2.75) is 32.5 Å². The number of nitrogens with zero attached hydrogens (tertiary/aromatic N) is 1. The summed E-state index contributed by atoms with van der Waals surface area (Å²) >= 11 is 4.91. The lowest BCUT2D eigenvalue weighted by molar-refractivity contribution is -0.135. The van der Waals surface area contributed by atoms with Crippen molar-refractivity contribution in [3.8, 4) is 0 Å². The molecule has 0 atom stereocenters. The maximum Gasteiger partial charge on any atom is 0.389 e. The van der Waals surface area contributed by atoms with Gasteiger partial charge in [0.2, 0.25) is 0 Å². The van der Waals surface area contributed by atoms with E-state index in [2.05, 4.69) is 4.98 Å². The first-order valence-corrected chi connectivity index (χ1v) is 4.62. The number of aromatic nitrogens is 2. The Labute approximate surface area is 84.8 Å². The number of imidazole rings is 1. The number of nitrogens with one attached hydrogen (secondary N) is 1. The van der Waals surface area contributed by atoms with E-state index in [4.69, 9.17) is 12.2 Å². The number of hydrogen-bond donors (Lipinski definition) is 1. The molecule has 1 rings (SSSR count). The number of hydrogen-bond acceptors (Lipinski definition) is 1. The van der Waals surface area contributed by atoms with Gasteiger partial charge in [0.05, 0.1) is 0 Å². The zero-order valence-corrected chi connectivity index (χ0v) is 8.50. The van der Waals surface area contributed by atoms with Crippen molar-refractivity contribution in [3.05, 3.63) is 16.7 Å². The molecule has 6 heteroatoms. The summed E-state index contributed by atoms with van der Waals surface area (Å²) in [5, 5.41) is 0. The van der Waals surface area contributed by atoms with E-state index in [0.717, 1.165) is 5.69 Å². The molecule has 0 aliphatic rings. The quantitative estimate of drug-likeness (QED) is 0.782. The molecule has 2 nitrogen and oxygen atoms in total. The highest BCUT2D eigenvalue weighted by Crippen LogP contribution is 2.21. The van der Waals surface area contributed by atoms with Crippen molar-refractivity contribution in [2.24, 2.45) is 0 Å². The van der Waals surface area contributed by atoms with Gasteiger partial charge in [-0.3, -0.25) is 0 Å². The predicted octanol–water partition coefficient (Wildman–Crippen LogP) is 3.20. The molecule has 0 aliphatic carbocycles. The number of aryl methyl sites for hydroxylation is 1. The second-order valence-electron chi connectivity index (χ2n) is 3.11. The van der Waals surface area contributed by atoms with Crippen LogP contribution >= 0.6 is 12.2 Å². The van der Waals surface area contributed by atoms with Crippen LogP contribution in [0.1, 0.15) is 18.5 Å². The van der Waals surface area contributed by atoms with Crippen LogP contribution in [0.25, 0.3) is 0 Å². The summed E-state index contributed by atoms with van der Waals surface area (Å²) in [6, 6.07) is 0. The third-order valence-corrected chi connectivity index (χ3v) is 2.26. The lowest BCUT2D eigenvalue weighted by Gasteiger charge is -2.07. The van der Waals surface area contributed by atoms with E-state index in [1.54, 1.807) is 17.7 Å². The van der Waals surface area contributed by atoms with Gasteiger partial charge in [0.1, 0.15) is 0 Å². The van der Waals surface area contributed by atoms with E-state index < -0.39 is 12.6 Å². The largest absolute Gasteiger partial charge is 0.389 e. The number of H-pyrrole nitrogens is 1. The van der Waals surface area contributed by atoms with Crippen molar-refractivity contribution in [2.75, 3.05) is 0 Å². The average molecular weight is 224 g/mol. The zero-order chi connectivity index (χ0) is 10.8. The van der Waals surface area contributed by atoms with Gasteiger partial charge < -0.3 is 9.55 Å². The molecule has 1 aromatic heterocycles. The third-order valence-electron chi connectivity index (χ3n) is 1.92. The van der Waals surface area contributed by atoms with Crippen LogP contribution in [-0.2, 0) is 6.54 Å². The Bertz CT molecular complexity index is 350. The topological polar surface area (TPSA) is 20.7 Å². The normalized spacial score (nSPS) is 12.0. The molecule has 14 heavy (non-hydrogen) atoms. The van der Waals surface area contributed by atoms with Crippen LogP contribution in [0.3, 0.4) is 0 Å². The number of alkyl halides is 3. The van der Waals surface area contributed by atoms with E-state index in [1.165, 1.54) is 0 Å². The van der Waals surface area contributed by atoms with E-state index in [-0.39, 0.29) is 6.42 Å². The molecule has 0 amide bonds. The highest BCUT2D eigenvalue weighted by Gasteiger charge is 2.26. The van der Waals surface area contributed by atoms with Crippen LogP contribution in [0.2, 0.25) is 0 Å². The molecule has 0 spiro atoms. The van der Waals surface area contributed by atoms with Crippen LogP contribution < -0.4 is 0 Å². The molecule has 0 saturated heterocycles. The smallest absolute Gasteiger partial charge is 0.337 e. The minimum absolute atomic E-state index is 0.0660. The summed E-state index contributed by atoms with van der Waals surface area (Å²) in [7, 11) is 0. The van der Waals surface area contributed by atoms with Gasteiger partial charge in [-0.25, -0.2) is 0 Å². The van der Waals surface area contributed by atoms with Gasteiger partial charge in [-0.1, -0.05) is 0 Å². The summed E-state index contributed by atoms with van der Waals surface area (Å²) in [6.45, 7) is 2.12. The van der Waals surface area contributed by atoms with Gasteiger partial charge in [-0.2, -0.15) is 13.2 Å². The number of rotatable bonds is 3. The second kappa shape index (κ2) is 4.16. The molecular weight excluding hydrogens is 213 g/mol. The monoisotopic (exact) mass is 224 g/mol. The van der Waals surface area contributed by atoms with Gasteiger partial charge >= 0.3 is 6.18 Å².